The second-order valence-electron chi connectivity index (χ2n) is 5.41. The molecule has 1 aromatic carbocycles. The third kappa shape index (κ3) is 3.26. The molecule has 4 heteroatoms. The van der Waals surface area contributed by atoms with Crippen LogP contribution in [0.1, 0.15) is 51.7 Å². The summed E-state index contributed by atoms with van der Waals surface area (Å²) in [5.41, 5.74) is 2.10. The standard InChI is InChI=1S/C16H23ClN2O/c1-5-6-9-19-15-8-7-13(20-11(2)3)10-14(15)18-16(19)12(4)17/h7-8,10-12H,5-6,9H2,1-4H3. The van der Waals surface area contributed by atoms with E-state index in [1.807, 2.05) is 32.9 Å². The highest BCUT2D eigenvalue weighted by molar-refractivity contribution is 6.20. The van der Waals surface area contributed by atoms with Gasteiger partial charge in [0.15, 0.2) is 0 Å². The predicted octanol–water partition coefficient (Wildman–Crippen LogP) is 4.92. The molecule has 0 spiro atoms. The molecule has 0 bridgehead atoms. The van der Waals surface area contributed by atoms with Gasteiger partial charge in [-0.05, 0) is 39.3 Å². The topological polar surface area (TPSA) is 27.1 Å². The zero-order valence-electron chi connectivity index (χ0n) is 12.7. The first-order valence-corrected chi connectivity index (χ1v) is 7.77. The number of nitrogens with zero attached hydrogens (tertiary/aromatic N) is 2. The van der Waals surface area contributed by atoms with E-state index in [1.54, 1.807) is 0 Å². The fourth-order valence-electron chi connectivity index (χ4n) is 2.33. The fraction of sp³-hybridized carbons (Fsp3) is 0.562. The van der Waals surface area contributed by atoms with Crippen LogP contribution < -0.4 is 4.74 Å². The molecule has 0 saturated heterocycles. The number of hydrogen-bond acceptors (Lipinski definition) is 2. The van der Waals surface area contributed by atoms with Crippen molar-refractivity contribution in [2.75, 3.05) is 0 Å². The third-order valence-electron chi connectivity index (χ3n) is 3.21. The second kappa shape index (κ2) is 6.49. The van der Waals surface area contributed by atoms with E-state index >= 15 is 0 Å². The molecule has 0 fully saturated rings. The van der Waals surface area contributed by atoms with E-state index in [-0.39, 0.29) is 11.5 Å². The van der Waals surface area contributed by atoms with Gasteiger partial charge in [0.1, 0.15) is 11.6 Å². The van der Waals surface area contributed by atoms with Crippen molar-refractivity contribution in [3.8, 4) is 5.75 Å². The Morgan fingerprint density at radius 2 is 2.05 bits per heavy atom. The van der Waals surface area contributed by atoms with Crippen LogP contribution in [0.3, 0.4) is 0 Å². The fourth-order valence-corrected chi connectivity index (χ4v) is 2.50. The number of alkyl halides is 1. The van der Waals surface area contributed by atoms with E-state index in [9.17, 15) is 0 Å². The largest absolute Gasteiger partial charge is 0.491 e. The Morgan fingerprint density at radius 1 is 1.30 bits per heavy atom. The molecular formula is C16H23ClN2O. The quantitative estimate of drug-likeness (QED) is 0.707. The van der Waals surface area contributed by atoms with Crippen LogP contribution in [0.5, 0.6) is 5.75 Å². The lowest BCUT2D eigenvalue weighted by molar-refractivity contribution is 0.242. The van der Waals surface area contributed by atoms with Crippen molar-refractivity contribution in [3.05, 3.63) is 24.0 Å². The number of unbranched alkanes of at least 4 members (excludes halogenated alkanes) is 1. The summed E-state index contributed by atoms with van der Waals surface area (Å²) < 4.78 is 7.96. The lowest BCUT2D eigenvalue weighted by Gasteiger charge is -2.11. The number of imidazole rings is 1. The van der Waals surface area contributed by atoms with Crippen molar-refractivity contribution in [3.63, 3.8) is 0 Å². The number of rotatable bonds is 6. The van der Waals surface area contributed by atoms with Crippen molar-refractivity contribution in [1.82, 2.24) is 9.55 Å². The average molecular weight is 295 g/mol. The van der Waals surface area contributed by atoms with Crippen LogP contribution in [-0.4, -0.2) is 15.7 Å². The van der Waals surface area contributed by atoms with E-state index < -0.39 is 0 Å². The van der Waals surface area contributed by atoms with Crippen LogP contribution >= 0.6 is 11.6 Å². The predicted molar refractivity (Wildman–Crippen MR) is 84.7 cm³/mol. The Hall–Kier alpha value is -1.22. The van der Waals surface area contributed by atoms with Crippen molar-refractivity contribution in [2.24, 2.45) is 0 Å². The third-order valence-corrected chi connectivity index (χ3v) is 3.41. The van der Waals surface area contributed by atoms with Gasteiger partial charge in [0.25, 0.3) is 0 Å². The molecule has 1 atom stereocenters. The molecule has 0 amide bonds. The zero-order chi connectivity index (χ0) is 14.7. The smallest absolute Gasteiger partial charge is 0.127 e. The molecule has 0 aliphatic heterocycles. The maximum absolute atomic E-state index is 6.27. The molecule has 1 unspecified atom stereocenters. The Morgan fingerprint density at radius 3 is 2.65 bits per heavy atom. The number of benzene rings is 1. The molecule has 0 aliphatic carbocycles. The van der Waals surface area contributed by atoms with Crippen molar-refractivity contribution < 1.29 is 4.74 Å². The van der Waals surface area contributed by atoms with Gasteiger partial charge in [0, 0.05) is 12.6 Å². The summed E-state index contributed by atoms with van der Waals surface area (Å²) in [7, 11) is 0. The Kier molecular flexibility index (Phi) is 4.92. The number of hydrogen-bond donors (Lipinski definition) is 0. The summed E-state index contributed by atoms with van der Waals surface area (Å²) in [4.78, 5) is 4.68. The summed E-state index contributed by atoms with van der Waals surface area (Å²) in [6, 6.07) is 6.09. The summed E-state index contributed by atoms with van der Waals surface area (Å²) in [5.74, 6) is 1.80. The van der Waals surface area contributed by atoms with Gasteiger partial charge < -0.3 is 9.30 Å². The molecule has 0 radical (unpaired) electrons. The molecule has 2 aromatic rings. The van der Waals surface area contributed by atoms with Gasteiger partial charge in [-0.15, -0.1) is 11.6 Å². The molecule has 0 aliphatic rings. The van der Waals surface area contributed by atoms with Gasteiger partial charge in [-0.2, -0.15) is 0 Å². The van der Waals surface area contributed by atoms with Gasteiger partial charge in [-0.25, -0.2) is 4.98 Å². The Labute approximate surface area is 125 Å². The molecule has 3 nitrogen and oxygen atoms in total. The lowest BCUT2D eigenvalue weighted by Crippen LogP contribution is -2.05. The van der Waals surface area contributed by atoms with Gasteiger partial charge in [-0.1, -0.05) is 13.3 Å². The highest BCUT2D eigenvalue weighted by Gasteiger charge is 2.15. The molecule has 0 N–H and O–H groups in total. The van der Waals surface area contributed by atoms with E-state index in [0.717, 1.165) is 42.0 Å². The molecule has 2 rings (SSSR count). The Bertz CT molecular complexity index is 575. The minimum Gasteiger partial charge on any atom is -0.491 e. The molecule has 20 heavy (non-hydrogen) atoms. The zero-order valence-corrected chi connectivity index (χ0v) is 13.4. The van der Waals surface area contributed by atoms with Gasteiger partial charge >= 0.3 is 0 Å². The van der Waals surface area contributed by atoms with Crippen LogP contribution in [0.2, 0.25) is 0 Å². The Balaban J connectivity index is 2.44. The highest BCUT2D eigenvalue weighted by Crippen LogP contribution is 2.28. The summed E-state index contributed by atoms with van der Waals surface area (Å²) in [6.07, 6.45) is 2.46. The van der Waals surface area contributed by atoms with Crippen molar-refractivity contribution >= 4 is 22.6 Å². The van der Waals surface area contributed by atoms with E-state index in [0.29, 0.717) is 0 Å². The first kappa shape index (κ1) is 15.2. The van der Waals surface area contributed by atoms with Crippen molar-refractivity contribution in [1.29, 1.82) is 0 Å². The summed E-state index contributed by atoms with van der Waals surface area (Å²) >= 11 is 6.27. The monoisotopic (exact) mass is 294 g/mol. The van der Waals surface area contributed by atoms with Crippen LogP contribution in [0, 0.1) is 0 Å². The number of fused-ring (bicyclic) bond motifs is 1. The molecular weight excluding hydrogens is 272 g/mol. The molecule has 1 heterocycles. The first-order chi connectivity index (χ1) is 9.52. The summed E-state index contributed by atoms with van der Waals surface area (Å²) in [6.45, 7) is 9.17. The molecule has 0 saturated carbocycles. The normalized spacial score (nSPS) is 13.1. The maximum Gasteiger partial charge on any atom is 0.127 e. The van der Waals surface area contributed by atoms with E-state index in [2.05, 4.69) is 22.5 Å². The number of halogens is 1. The number of aromatic nitrogens is 2. The van der Waals surface area contributed by atoms with Crippen LogP contribution in [0.15, 0.2) is 18.2 Å². The van der Waals surface area contributed by atoms with Gasteiger partial charge in [0.05, 0.1) is 22.5 Å². The average Bonchev–Trinajstić information content (AvgIpc) is 2.73. The highest BCUT2D eigenvalue weighted by atomic mass is 35.5. The van der Waals surface area contributed by atoms with E-state index in [4.69, 9.17) is 16.3 Å². The van der Waals surface area contributed by atoms with E-state index in [1.165, 1.54) is 0 Å². The SMILES string of the molecule is CCCCn1c(C(C)Cl)nc2cc(OC(C)C)ccc21. The van der Waals surface area contributed by atoms with Crippen molar-refractivity contribution in [2.45, 2.75) is 58.6 Å². The first-order valence-electron chi connectivity index (χ1n) is 7.33. The summed E-state index contributed by atoms with van der Waals surface area (Å²) in [5, 5.41) is -0.0891. The minimum absolute atomic E-state index is 0.0891. The minimum atomic E-state index is -0.0891. The van der Waals surface area contributed by atoms with Crippen LogP contribution in [0.4, 0.5) is 0 Å². The van der Waals surface area contributed by atoms with Gasteiger partial charge in [-0.3, -0.25) is 0 Å². The number of aryl methyl sites for hydroxylation is 1. The molecule has 1 aromatic heterocycles. The molecule has 110 valence electrons. The maximum atomic E-state index is 6.27. The van der Waals surface area contributed by atoms with Crippen LogP contribution in [-0.2, 0) is 6.54 Å². The van der Waals surface area contributed by atoms with Crippen LogP contribution in [0.25, 0.3) is 11.0 Å². The second-order valence-corrected chi connectivity index (χ2v) is 6.06. The number of ether oxygens (including phenoxy) is 1. The van der Waals surface area contributed by atoms with Gasteiger partial charge in [0.2, 0.25) is 0 Å². The lowest BCUT2D eigenvalue weighted by atomic mass is 10.2.